The van der Waals surface area contributed by atoms with E-state index in [1.54, 1.807) is 0 Å². The summed E-state index contributed by atoms with van der Waals surface area (Å²) in [5.74, 6) is 0.215. The number of unbranched alkanes of at least 4 members (excludes halogenated alkanes) is 4. The Morgan fingerprint density at radius 2 is 1.50 bits per heavy atom. The fourth-order valence-corrected chi connectivity index (χ4v) is 2.53. The molecule has 2 N–H and O–H groups in total. The van der Waals surface area contributed by atoms with Crippen molar-refractivity contribution >= 4 is 5.69 Å². The van der Waals surface area contributed by atoms with E-state index in [9.17, 15) is 9.59 Å². The first-order valence-electron chi connectivity index (χ1n) is 7.22. The van der Waals surface area contributed by atoms with Crippen molar-refractivity contribution in [1.29, 1.82) is 0 Å². The van der Waals surface area contributed by atoms with E-state index in [0.717, 1.165) is 32.1 Å². The van der Waals surface area contributed by atoms with E-state index in [1.807, 2.05) is 0 Å². The van der Waals surface area contributed by atoms with Crippen molar-refractivity contribution in [1.82, 2.24) is 0 Å². The molecule has 1 atom stereocenters. The first kappa shape index (κ1) is 14.9. The molecule has 1 unspecified atom stereocenters. The Kier molecular flexibility index (Phi) is 6.10. The van der Waals surface area contributed by atoms with Gasteiger partial charge in [-0.1, -0.05) is 52.4 Å². The molecule has 0 aromatic heterocycles. The minimum atomic E-state index is -0.472. The van der Waals surface area contributed by atoms with E-state index in [4.69, 9.17) is 5.73 Å². The Bertz CT molecular complexity index is 430. The van der Waals surface area contributed by atoms with Crippen molar-refractivity contribution in [2.24, 2.45) is 0 Å². The van der Waals surface area contributed by atoms with Crippen LogP contribution in [0.3, 0.4) is 0 Å². The van der Waals surface area contributed by atoms with Gasteiger partial charge in [-0.05, 0) is 18.8 Å². The van der Waals surface area contributed by atoms with Crippen molar-refractivity contribution in [2.75, 3.05) is 5.73 Å². The molecule has 0 fully saturated rings. The third-order valence-corrected chi connectivity index (χ3v) is 3.71. The van der Waals surface area contributed by atoms with Crippen molar-refractivity contribution in [3.63, 3.8) is 0 Å². The van der Waals surface area contributed by atoms with Gasteiger partial charge in [0.05, 0.1) is 5.69 Å². The molecule has 1 aromatic carbocycles. The molecule has 3 heteroatoms. The number of anilines is 1. The van der Waals surface area contributed by atoms with Gasteiger partial charge in [-0.15, -0.1) is 0 Å². The second-order valence-corrected chi connectivity index (χ2v) is 5.17. The Morgan fingerprint density at radius 3 is 2.06 bits per heavy atom. The summed E-state index contributed by atoms with van der Waals surface area (Å²) in [4.78, 5) is 22.8. The molecule has 1 rings (SSSR count). The zero-order valence-corrected chi connectivity index (χ0v) is 11.6. The van der Waals surface area contributed by atoms with Crippen LogP contribution in [0.25, 0.3) is 0 Å². The molecule has 0 aliphatic rings. The van der Waals surface area contributed by atoms with Crippen LogP contribution in [0.2, 0.25) is 0 Å². The molecule has 0 saturated carbocycles. The molecule has 0 amide bonds. The predicted molar refractivity (Wildman–Crippen MR) is 76.8 cm³/mol. The second-order valence-electron chi connectivity index (χ2n) is 5.17. The Labute approximate surface area is 109 Å². The number of nitrogen functional groups attached to an aromatic ring is 1. The summed E-state index contributed by atoms with van der Waals surface area (Å²) in [5, 5.41) is 0. The lowest BCUT2D eigenvalue weighted by Crippen LogP contribution is -2.39. The van der Waals surface area contributed by atoms with Gasteiger partial charge >= 0.3 is 0 Å². The standard InChI is InChI=1S/C15H25NO2/c1-3-5-7-8-10-11(9-6-4-2)12-13(16)15(18)14(12)17/h11H,3-10,16H2,1-2H3. The van der Waals surface area contributed by atoms with E-state index < -0.39 is 5.43 Å². The number of hydrogen-bond acceptors (Lipinski definition) is 3. The maximum Gasteiger partial charge on any atom is 0.249 e. The molecule has 3 nitrogen and oxygen atoms in total. The highest BCUT2D eigenvalue weighted by atomic mass is 16.2. The van der Waals surface area contributed by atoms with Crippen LogP contribution in [0.1, 0.15) is 76.7 Å². The van der Waals surface area contributed by atoms with Crippen molar-refractivity contribution < 1.29 is 0 Å². The van der Waals surface area contributed by atoms with E-state index in [0.29, 0.717) is 5.56 Å². The van der Waals surface area contributed by atoms with Crippen LogP contribution in [0.4, 0.5) is 5.69 Å². The molecule has 0 spiro atoms. The number of rotatable bonds is 9. The van der Waals surface area contributed by atoms with Gasteiger partial charge in [0.15, 0.2) is 0 Å². The fourth-order valence-electron chi connectivity index (χ4n) is 2.53. The molecule has 0 radical (unpaired) electrons. The largest absolute Gasteiger partial charge is 0.395 e. The monoisotopic (exact) mass is 251 g/mol. The summed E-state index contributed by atoms with van der Waals surface area (Å²) >= 11 is 0. The summed E-state index contributed by atoms with van der Waals surface area (Å²) in [6, 6.07) is 0. The Morgan fingerprint density at radius 1 is 0.889 bits per heavy atom. The quantitative estimate of drug-likeness (QED) is 0.542. The van der Waals surface area contributed by atoms with Gasteiger partial charge in [-0.25, -0.2) is 0 Å². The van der Waals surface area contributed by atoms with Gasteiger partial charge < -0.3 is 5.73 Å². The normalized spacial score (nSPS) is 13.0. The first-order valence-corrected chi connectivity index (χ1v) is 7.22. The van der Waals surface area contributed by atoms with Crippen molar-refractivity contribution in [3.05, 3.63) is 26.0 Å². The predicted octanol–water partition coefficient (Wildman–Crippen LogP) is 3.11. The molecular formula is C15H25NO2. The van der Waals surface area contributed by atoms with Gasteiger partial charge in [0.1, 0.15) is 0 Å². The zero-order valence-electron chi connectivity index (χ0n) is 11.6. The van der Waals surface area contributed by atoms with E-state index in [-0.39, 0.29) is 17.0 Å². The molecule has 0 aliphatic heterocycles. The summed E-state index contributed by atoms with van der Waals surface area (Å²) < 4.78 is 0. The summed E-state index contributed by atoms with van der Waals surface area (Å²) in [5.41, 5.74) is 5.73. The molecule has 102 valence electrons. The van der Waals surface area contributed by atoms with Crippen LogP contribution in [0.5, 0.6) is 0 Å². The third-order valence-electron chi connectivity index (χ3n) is 3.71. The van der Waals surface area contributed by atoms with Gasteiger partial charge in [0.25, 0.3) is 0 Å². The minimum absolute atomic E-state index is 0.215. The number of nitrogens with two attached hydrogens (primary N) is 1. The van der Waals surface area contributed by atoms with Crippen LogP contribution >= 0.6 is 0 Å². The highest BCUT2D eigenvalue weighted by molar-refractivity contribution is 5.54. The fraction of sp³-hybridized carbons (Fsp3) is 0.733. The van der Waals surface area contributed by atoms with Gasteiger partial charge in [-0.2, -0.15) is 0 Å². The van der Waals surface area contributed by atoms with Crippen molar-refractivity contribution in [2.45, 2.75) is 71.1 Å². The van der Waals surface area contributed by atoms with Crippen LogP contribution in [0, 0.1) is 0 Å². The molecule has 1 aromatic rings. The van der Waals surface area contributed by atoms with Gasteiger partial charge in [0, 0.05) is 5.56 Å². The number of hydrogen-bond donors (Lipinski definition) is 1. The molecule has 0 saturated heterocycles. The van der Waals surface area contributed by atoms with Crippen LogP contribution in [0.15, 0.2) is 9.59 Å². The van der Waals surface area contributed by atoms with Gasteiger partial charge in [-0.3, -0.25) is 9.59 Å². The highest BCUT2D eigenvalue weighted by Gasteiger charge is 2.25. The van der Waals surface area contributed by atoms with Crippen LogP contribution in [-0.4, -0.2) is 0 Å². The molecule has 0 bridgehead atoms. The van der Waals surface area contributed by atoms with Gasteiger partial charge in [0.2, 0.25) is 10.9 Å². The summed E-state index contributed by atoms with van der Waals surface area (Å²) in [6.45, 7) is 4.32. The van der Waals surface area contributed by atoms with E-state index in [2.05, 4.69) is 13.8 Å². The minimum Gasteiger partial charge on any atom is -0.395 e. The maximum atomic E-state index is 11.6. The summed E-state index contributed by atoms with van der Waals surface area (Å²) in [7, 11) is 0. The molecule has 0 aliphatic carbocycles. The molecular weight excluding hydrogens is 226 g/mol. The SMILES string of the molecule is CCCCCCC(CCCC)c1c(N)c(=O)c1=O. The smallest absolute Gasteiger partial charge is 0.249 e. The van der Waals surface area contributed by atoms with E-state index >= 15 is 0 Å². The Balaban J connectivity index is 2.61. The first-order chi connectivity index (χ1) is 8.63. The lowest BCUT2D eigenvalue weighted by atomic mass is 9.85. The van der Waals surface area contributed by atoms with E-state index in [1.165, 1.54) is 19.3 Å². The zero-order chi connectivity index (χ0) is 13.5. The molecule has 18 heavy (non-hydrogen) atoms. The maximum absolute atomic E-state index is 11.6. The average molecular weight is 251 g/mol. The highest BCUT2D eigenvalue weighted by Crippen LogP contribution is 2.29. The topological polar surface area (TPSA) is 60.2 Å². The summed E-state index contributed by atoms with van der Waals surface area (Å²) in [6.07, 6.45) is 8.96. The Hall–Kier alpha value is -1.12. The average Bonchev–Trinajstić information content (AvgIpc) is 2.39. The lowest BCUT2D eigenvalue weighted by Gasteiger charge is -2.19. The van der Waals surface area contributed by atoms with Crippen LogP contribution < -0.4 is 16.6 Å². The van der Waals surface area contributed by atoms with Crippen molar-refractivity contribution in [3.8, 4) is 0 Å². The third kappa shape index (κ3) is 3.44. The second kappa shape index (κ2) is 7.34. The van der Waals surface area contributed by atoms with Crippen LogP contribution in [-0.2, 0) is 0 Å². The lowest BCUT2D eigenvalue weighted by molar-refractivity contribution is 0.505. The molecule has 0 heterocycles.